The number of carbonyl (C=O) groups is 1. The van der Waals surface area contributed by atoms with Gasteiger partial charge in [-0.15, -0.1) is 0 Å². The first-order valence-corrected chi connectivity index (χ1v) is 6.97. The van der Waals surface area contributed by atoms with Crippen LogP contribution < -0.4 is 4.74 Å². The predicted octanol–water partition coefficient (Wildman–Crippen LogP) is 4.34. The Labute approximate surface area is 136 Å². The van der Waals surface area contributed by atoms with Gasteiger partial charge in [-0.25, -0.2) is 4.98 Å². The topological polar surface area (TPSA) is 59.4 Å². The van der Waals surface area contributed by atoms with Crippen molar-refractivity contribution in [3.63, 3.8) is 0 Å². The van der Waals surface area contributed by atoms with Gasteiger partial charge >= 0.3 is 5.97 Å². The van der Waals surface area contributed by atoms with Crippen LogP contribution in [0.4, 0.5) is 0 Å². The number of halogens is 3. The zero-order chi connectivity index (χ0) is 15.6. The third-order valence-corrected chi connectivity index (χ3v) is 4.06. The molecule has 7 heteroatoms. The van der Waals surface area contributed by atoms with Gasteiger partial charge in [-0.1, -0.05) is 40.9 Å². The van der Waals surface area contributed by atoms with Gasteiger partial charge in [-0.2, -0.15) is 0 Å². The maximum absolute atomic E-state index is 10.7. The molecule has 0 saturated heterocycles. The zero-order valence-electron chi connectivity index (χ0n) is 10.9. The molecule has 1 N–H and O–H groups in total. The fourth-order valence-corrected chi connectivity index (χ4v) is 2.46. The van der Waals surface area contributed by atoms with E-state index in [0.717, 1.165) is 0 Å². The molecular weight excluding hydrogens is 337 g/mol. The number of carboxylic acids is 1. The Morgan fingerprint density at radius 2 is 1.81 bits per heavy atom. The standard InChI is InChI=1S/C14H10Cl3NO3/c1-21-14-9(3-2-7(18-14)6-11(19)20)8-4-5-10(15)13(17)12(8)16/h2-5H,6H2,1H3,(H,19,20). The number of hydrogen-bond donors (Lipinski definition) is 1. The first-order valence-electron chi connectivity index (χ1n) is 5.83. The monoisotopic (exact) mass is 345 g/mol. The summed E-state index contributed by atoms with van der Waals surface area (Å²) in [4.78, 5) is 14.9. The first kappa shape index (κ1) is 15.9. The quantitative estimate of drug-likeness (QED) is 0.836. The minimum absolute atomic E-state index is 0.189. The molecule has 0 saturated carbocycles. The minimum Gasteiger partial charge on any atom is -0.481 e. The Bertz CT molecular complexity index is 704. The van der Waals surface area contributed by atoms with Crippen molar-refractivity contribution in [2.45, 2.75) is 6.42 Å². The van der Waals surface area contributed by atoms with Crippen LogP contribution in [0.5, 0.6) is 5.88 Å². The highest BCUT2D eigenvalue weighted by atomic mass is 35.5. The molecule has 4 nitrogen and oxygen atoms in total. The molecule has 0 aliphatic carbocycles. The van der Waals surface area contributed by atoms with Crippen molar-refractivity contribution < 1.29 is 14.6 Å². The van der Waals surface area contributed by atoms with Gasteiger partial charge in [0.25, 0.3) is 0 Å². The molecule has 1 aromatic carbocycles. The van der Waals surface area contributed by atoms with Crippen LogP contribution in [-0.2, 0) is 11.2 Å². The lowest BCUT2D eigenvalue weighted by Crippen LogP contribution is -2.04. The fraction of sp³-hybridized carbons (Fsp3) is 0.143. The van der Waals surface area contributed by atoms with Crippen molar-refractivity contribution in [2.24, 2.45) is 0 Å². The van der Waals surface area contributed by atoms with Crippen LogP contribution in [0.2, 0.25) is 15.1 Å². The summed E-state index contributed by atoms with van der Waals surface area (Å²) < 4.78 is 5.21. The van der Waals surface area contributed by atoms with E-state index in [1.54, 1.807) is 24.3 Å². The summed E-state index contributed by atoms with van der Waals surface area (Å²) in [6, 6.07) is 6.61. The third-order valence-electron chi connectivity index (χ3n) is 2.77. The first-order chi connectivity index (χ1) is 9.93. The molecule has 1 aromatic heterocycles. The van der Waals surface area contributed by atoms with Crippen molar-refractivity contribution in [2.75, 3.05) is 7.11 Å². The Kier molecular flexibility index (Phi) is 4.93. The number of pyridine rings is 1. The average Bonchev–Trinajstić information content (AvgIpc) is 2.45. The lowest BCUT2D eigenvalue weighted by atomic mass is 10.1. The van der Waals surface area contributed by atoms with Crippen LogP contribution in [0.25, 0.3) is 11.1 Å². The smallest absolute Gasteiger partial charge is 0.309 e. The summed E-state index contributed by atoms with van der Waals surface area (Å²) in [7, 11) is 1.45. The molecule has 0 aliphatic heterocycles. The number of rotatable bonds is 4. The van der Waals surface area contributed by atoms with Gasteiger partial charge in [-0.05, 0) is 18.2 Å². The number of ether oxygens (including phenoxy) is 1. The van der Waals surface area contributed by atoms with Gasteiger partial charge in [-0.3, -0.25) is 4.79 Å². The van der Waals surface area contributed by atoms with Crippen molar-refractivity contribution in [3.8, 4) is 17.0 Å². The van der Waals surface area contributed by atoms with E-state index >= 15 is 0 Å². The van der Waals surface area contributed by atoms with E-state index in [2.05, 4.69) is 4.98 Å². The highest BCUT2D eigenvalue weighted by molar-refractivity contribution is 6.49. The fourth-order valence-electron chi connectivity index (χ4n) is 1.83. The van der Waals surface area contributed by atoms with Crippen molar-refractivity contribution in [3.05, 3.63) is 45.0 Å². The number of carboxylic acid groups (broad SMARTS) is 1. The second-order valence-electron chi connectivity index (χ2n) is 4.15. The molecule has 0 aliphatic rings. The summed E-state index contributed by atoms with van der Waals surface area (Å²) in [5.74, 6) is -0.695. The molecule has 0 bridgehead atoms. The van der Waals surface area contributed by atoms with Crippen LogP contribution in [-0.4, -0.2) is 23.2 Å². The van der Waals surface area contributed by atoms with Crippen LogP contribution in [0.1, 0.15) is 5.69 Å². The van der Waals surface area contributed by atoms with Crippen molar-refractivity contribution in [1.82, 2.24) is 4.98 Å². The number of nitrogens with zero attached hydrogens (tertiary/aromatic N) is 1. The van der Waals surface area contributed by atoms with Crippen LogP contribution in [0.3, 0.4) is 0 Å². The number of benzene rings is 1. The molecule has 0 unspecified atom stereocenters. The number of aliphatic carboxylic acids is 1. The van der Waals surface area contributed by atoms with Gasteiger partial charge in [0.15, 0.2) is 0 Å². The minimum atomic E-state index is -0.968. The van der Waals surface area contributed by atoms with E-state index in [1.165, 1.54) is 7.11 Å². The maximum atomic E-state index is 10.7. The largest absolute Gasteiger partial charge is 0.481 e. The maximum Gasteiger partial charge on any atom is 0.309 e. The van der Waals surface area contributed by atoms with Gasteiger partial charge in [0.2, 0.25) is 5.88 Å². The van der Waals surface area contributed by atoms with E-state index in [-0.39, 0.29) is 22.3 Å². The molecule has 0 amide bonds. The normalized spacial score (nSPS) is 10.5. The van der Waals surface area contributed by atoms with Gasteiger partial charge in [0, 0.05) is 11.1 Å². The molecular formula is C14H10Cl3NO3. The summed E-state index contributed by atoms with van der Waals surface area (Å²) >= 11 is 18.1. The summed E-state index contributed by atoms with van der Waals surface area (Å²) in [6.07, 6.45) is -0.189. The highest BCUT2D eigenvalue weighted by Crippen LogP contribution is 2.40. The Hall–Kier alpha value is -1.49. The van der Waals surface area contributed by atoms with Gasteiger partial charge < -0.3 is 9.84 Å². The average molecular weight is 347 g/mol. The molecule has 0 fully saturated rings. The Morgan fingerprint density at radius 1 is 1.14 bits per heavy atom. The zero-order valence-corrected chi connectivity index (χ0v) is 13.1. The molecule has 2 rings (SSSR count). The third kappa shape index (κ3) is 3.40. The molecule has 1 heterocycles. The van der Waals surface area contributed by atoms with E-state index < -0.39 is 5.97 Å². The van der Waals surface area contributed by atoms with E-state index in [0.29, 0.717) is 21.8 Å². The van der Waals surface area contributed by atoms with Crippen molar-refractivity contribution in [1.29, 1.82) is 0 Å². The molecule has 21 heavy (non-hydrogen) atoms. The number of methoxy groups -OCH3 is 1. The SMILES string of the molecule is COc1nc(CC(=O)O)ccc1-c1ccc(Cl)c(Cl)c1Cl. The molecule has 0 spiro atoms. The van der Waals surface area contributed by atoms with Gasteiger partial charge in [0.05, 0.1) is 34.3 Å². The number of aromatic nitrogens is 1. The summed E-state index contributed by atoms with van der Waals surface area (Å²) in [6.45, 7) is 0. The second-order valence-corrected chi connectivity index (χ2v) is 5.32. The molecule has 110 valence electrons. The lowest BCUT2D eigenvalue weighted by Gasteiger charge is -2.12. The Morgan fingerprint density at radius 3 is 2.43 bits per heavy atom. The summed E-state index contributed by atoms with van der Waals surface area (Å²) in [5.41, 5.74) is 1.60. The summed E-state index contributed by atoms with van der Waals surface area (Å²) in [5, 5.41) is 9.67. The Balaban J connectivity index is 2.54. The van der Waals surface area contributed by atoms with Crippen LogP contribution in [0.15, 0.2) is 24.3 Å². The van der Waals surface area contributed by atoms with Crippen LogP contribution in [0, 0.1) is 0 Å². The van der Waals surface area contributed by atoms with E-state index in [1.807, 2.05) is 0 Å². The van der Waals surface area contributed by atoms with Gasteiger partial charge in [0.1, 0.15) is 0 Å². The van der Waals surface area contributed by atoms with E-state index in [9.17, 15) is 4.79 Å². The lowest BCUT2D eigenvalue weighted by molar-refractivity contribution is -0.136. The highest BCUT2D eigenvalue weighted by Gasteiger charge is 2.16. The second kappa shape index (κ2) is 6.52. The predicted molar refractivity (Wildman–Crippen MR) is 82.6 cm³/mol. The number of hydrogen-bond acceptors (Lipinski definition) is 3. The van der Waals surface area contributed by atoms with E-state index in [4.69, 9.17) is 44.6 Å². The molecule has 2 aromatic rings. The van der Waals surface area contributed by atoms with Crippen LogP contribution >= 0.6 is 34.8 Å². The van der Waals surface area contributed by atoms with Crippen molar-refractivity contribution >= 4 is 40.8 Å². The molecule has 0 radical (unpaired) electrons. The molecule has 0 atom stereocenters.